The highest BCUT2D eigenvalue weighted by Gasteiger charge is 2.15. The molecule has 144 valence electrons. The van der Waals surface area contributed by atoms with E-state index in [-0.39, 0.29) is 23.4 Å². The van der Waals surface area contributed by atoms with Gasteiger partial charge in [0.25, 0.3) is 15.9 Å². The SMILES string of the molecule is O=C(COc1ccc(Cl)cc1)Nc1ccc(S(=O)(=O)Nc2ncccn2)cc1. The molecule has 2 aromatic carbocycles. The van der Waals surface area contributed by atoms with Crippen molar-refractivity contribution in [1.82, 2.24) is 9.97 Å². The number of hydrogen-bond acceptors (Lipinski definition) is 6. The molecule has 1 heterocycles. The molecule has 2 N–H and O–H groups in total. The molecule has 0 saturated heterocycles. The standard InChI is InChI=1S/C18H15ClN4O4S/c19-13-2-6-15(7-3-13)27-12-17(24)22-14-4-8-16(9-5-14)28(25,26)23-18-20-10-1-11-21-18/h1-11H,12H2,(H,22,24)(H,20,21,23). The van der Waals surface area contributed by atoms with Crippen molar-refractivity contribution in [2.24, 2.45) is 0 Å². The number of benzene rings is 2. The van der Waals surface area contributed by atoms with E-state index in [0.717, 1.165) is 0 Å². The maximum absolute atomic E-state index is 12.3. The molecule has 3 aromatic rings. The number of sulfonamides is 1. The summed E-state index contributed by atoms with van der Waals surface area (Å²) in [6.07, 6.45) is 2.85. The average molecular weight is 419 g/mol. The summed E-state index contributed by atoms with van der Waals surface area (Å²) in [5.74, 6) is 0.0933. The van der Waals surface area contributed by atoms with Crippen molar-refractivity contribution in [3.8, 4) is 5.75 Å². The maximum Gasteiger partial charge on any atom is 0.264 e. The van der Waals surface area contributed by atoms with Crippen molar-refractivity contribution in [3.63, 3.8) is 0 Å². The number of carbonyl (C=O) groups is 1. The van der Waals surface area contributed by atoms with Crippen molar-refractivity contribution in [2.75, 3.05) is 16.6 Å². The number of rotatable bonds is 7. The number of nitrogens with one attached hydrogen (secondary N) is 2. The highest BCUT2D eigenvalue weighted by atomic mass is 35.5. The Morgan fingerprint density at radius 1 is 1.00 bits per heavy atom. The Hall–Kier alpha value is -3.17. The van der Waals surface area contributed by atoms with Crippen LogP contribution in [0.4, 0.5) is 11.6 Å². The highest BCUT2D eigenvalue weighted by molar-refractivity contribution is 7.92. The fourth-order valence-corrected chi connectivity index (χ4v) is 3.21. The Labute approximate surface area is 166 Å². The molecular formula is C18H15ClN4O4S. The van der Waals surface area contributed by atoms with E-state index >= 15 is 0 Å². The van der Waals surface area contributed by atoms with Crippen LogP contribution in [-0.4, -0.2) is 30.9 Å². The van der Waals surface area contributed by atoms with Gasteiger partial charge in [0.15, 0.2) is 6.61 Å². The van der Waals surface area contributed by atoms with Gasteiger partial charge in [0.1, 0.15) is 5.75 Å². The molecule has 0 saturated carbocycles. The van der Waals surface area contributed by atoms with Crippen molar-refractivity contribution in [1.29, 1.82) is 0 Å². The van der Waals surface area contributed by atoms with Crippen LogP contribution < -0.4 is 14.8 Å². The summed E-state index contributed by atoms with van der Waals surface area (Å²) in [5, 5.41) is 3.19. The van der Waals surface area contributed by atoms with Crippen molar-refractivity contribution in [3.05, 3.63) is 72.0 Å². The van der Waals surface area contributed by atoms with E-state index in [9.17, 15) is 13.2 Å². The molecule has 10 heteroatoms. The monoisotopic (exact) mass is 418 g/mol. The van der Waals surface area contributed by atoms with Crippen LogP contribution in [0.15, 0.2) is 71.9 Å². The lowest BCUT2D eigenvalue weighted by molar-refractivity contribution is -0.118. The lowest BCUT2D eigenvalue weighted by Crippen LogP contribution is -2.20. The third-order valence-electron chi connectivity index (χ3n) is 3.42. The van der Waals surface area contributed by atoms with Crippen LogP contribution in [0.25, 0.3) is 0 Å². The first-order chi connectivity index (χ1) is 13.4. The van der Waals surface area contributed by atoms with Gasteiger partial charge in [-0.05, 0) is 54.6 Å². The fraction of sp³-hybridized carbons (Fsp3) is 0.0556. The normalized spacial score (nSPS) is 10.9. The van der Waals surface area contributed by atoms with Crippen molar-refractivity contribution >= 4 is 39.2 Å². The number of amides is 1. The van der Waals surface area contributed by atoms with Gasteiger partial charge in [-0.15, -0.1) is 0 Å². The van der Waals surface area contributed by atoms with Crippen LogP contribution in [0, 0.1) is 0 Å². The quantitative estimate of drug-likeness (QED) is 0.610. The van der Waals surface area contributed by atoms with E-state index in [1.165, 1.54) is 36.7 Å². The molecule has 0 unspecified atom stereocenters. The van der Waals surface area contributed by atoms with Crippen LogP contribution >= 0.6 is 11.6 Å². The van der Waals surface area contributed by atoms with Gasteiger partial charge in [-0.1, -0.05) is 11.6 Å². The van der Waals surface area contributed by atoms with Crippen LogP contribution in [0.1, 0.15) is 0 Å². The van der Waals surface area contributed by atoms with Crippen LogP contribution in [-0.2, 0) is 14.8 Å². The topological polar surface area (TPSA) is 110 Å². The third kappa shape index (κ3) is 5.41. The van der Waals surface area contributed by atoms with Gasteiger partial charge in [0, 0.05) is 23.1 Å². The molecule has 0 spiro atoms. The molecule has 0 atom stereocenters. The van der Waals surface area contributed by atoms with E-state index < -0.39 is 10.0 Å². The maximum atomic E-state index is 12.3. The zero-order chi connectivity index (χ0) is 20.0. The van der Waals surface area contributed by atoms with Gasteiger partial charge >= 0.3 is 0 Å². The van der Waals surface area contributed by atoms with E-state index in [1.54, 1.807) is 30.3 Å². The lowest BCUT2D eigenvalue weighted by atomic mass is 10.3. The number of aromatic nitrogens is 2. The Morgan fingerprint density at radius 2 is 1.64 bits per heavy atom. The Balaban J connectivity index is 1.57. The molecule has 0 aliphatic heterocycles. The minimum absolute atomic E-state index is 0.00960. The summed E-state index contributed by atoms with van der Waals surface area (Å²) in [4.78, 5) is 19.6. The largest absolute Gasteiger partial charge is 0.484 e. The van der Waals surface area contributed by atoms with Crippen LogP contribution in [0.5, 0.6) is 5.75 Å². The molecule has 3 rings (SSSR count). The van der Waals surface area contributed by atoms with Crippen molar-refractivity contribution in [2.45, 2.75) is 4.90 Å². The number of carbonyl (C=O) groups excluding carboxylic acids is 1. The summed E-state index contributed by atoms with van der Waals surface area (Å²) >= 11 is 5.78. The van der Waals surface area contributed by atoms with Gasteiger partial charge in [-0.25, -0.2) is 23.1 Å². The number of ether oxygens (including phenoxy) is 1. The smallest absolute Gasteiger partial charge is 0.264 e. The molecule has 1 amide bonds. The molecular weight excluding hydrogens is 404 g/mol. The summed E-state index contributed by atoms with van der Waals surface area (Å²) in [5.41, 5.74) is 0.430. The highest BCUT2D eigenvalue weighted by Crippen LogP contribution is 2.17. The first-order valence-electron chi connectivity index (χ1n) is 8.00. The molecule has 0 bridgehead atoms. The summed E-state index contributed by atoms with van der Waals surface area (Å²) in [6, 6.07) is 13.9. The number of hydrogen-bond donors (Lipinski definition) is 2. The van der Waals surface area contributed by atoms with Crippen LogP contribution in [0.3, 0.4) is 0 Å². The number of nitrogens with zero attached hydrogens (tertiary/aromatic N) is 2. The Morgan fingerprint density at radius 3 is 2.29 bits per heavy atom. The number of halogens is 1. The van der Waals surface area contributed by atoms with Gasteiger partial charge in [0.2, 0.25) is 5.95 Å². The van der Waals surface area contributed by atoms with E-state index in [1.807, 2.05) is 0 Å². The summed E-state index contributed by atoms with van der Waals surface area (Å²) in [6.45, 7) is -0.200. The minimum atomic E-state index is -3.83. The summed E-state index contributed by atoms with van der Waals surface area (Å²) in [7, 11) is -3.83. The molecule has 1 aromatic heterocycles. The zero-order valence-electron chi connectivity index (χ0n) is 14.4. The van der Waals surface area contributed by atoms with Gasteiger partial charge < -0.3 is 10.1 Å². The second kappa shape index (κ2) is 8.68. The first-order valence-corrected chi connectivity index (χ1v) is 9.87. The van der Waals surface area contributed by atoms with Crippen molar-refractivity contribution < 1.29 is 17.9 Å². The summed E-state index contributed by atoms with van der Waals surface area (Å²) < 4.78 is 32.2. The lowest BCUT2D eigenvalue weighted by Gasteiger charge is -2.09. The molecule has 0 radical (unpaired) electrons. The van der Waals surface area contributed by atoms with E-state index in [2.05, 4.69) is 20.0 Å². The molecule has 28 heavy (non-hydrogen) atoms. The molecule has 8 nitrogen and oxygen atoms in total. The minimum Gasteiger partial charge on any atom is -0.484 e. The van der Waals surface area contributed by atoms with Gasteiger partial charge in [0.05, 0.1) is 4.90 Å². The van der Waals surface area contributed by atoms with Gasteiger partial charge in [-0.2, -0.15) is 0 Å². The van der Waals surface area contributed by atoms with Gasteiger partial charge in [-0.3, -0.25) is 4.79 Å². The predicted molar refractivity (Wildman–Crippen MR) is 105 cm³/mol. The second-order valence-electron chi connectivity index (χ2n) is 5.49. The number of anilines is 2. The fourth-order valence-electron chi connectivity index (χ4n) is 2.13. The second-order valence-corrected chi connectivity index (χ2v) is 7.61. The Kier molecular flexibility index (Phi) is 6.07. The Bertz CT molecular complexity index is 1040. The third-order valence-corrected chi connectivity index (χ3v) is 5.02. The van der Waals surface area contributed by atoms with E-state index in [0.29, 0.717) is 16.5 Å². The molecule has 0 aliphatic carbocycles. The van der Waals surface area contributed by atoms with Crippen LogP contribution in [0.2, 0.25) is 5.02 Å². The predicted octanol–water partition coefficient (Wildman–Crippen LogP) is 2.95. The average Bonchev–Trinajstić information content (AvgIpc) is 2.68. The molecule has 0 fully saturated rings. The zero-order valence-corrected chi connectivity index (χ0v) is 15.9. The molecule has 0 aliphatic rings. The first kappa shape index (κ1) is 19.6. The van der Waals surface area contributed by atoms with E-state index in [4.69, 9.17) is 16.3 Å².